The average Bonchev–Trinajstić information content (AvgIpc) is 2.13. The molecule has 1 aliphatic rings. The summed E-state index contributed by atoms with van der Waals surface area (Å²) >= 11 is 1.49. The van der Waals surface area contributed by atoms with Gasteiger partial charge in [0.25, 0.3) is 0 Å². The molecule has 0 spiro atoms. The van der Waals surface area contributed by atoms with Gasteiger partial charge in [-0.3, -0.25) is 0 Å². The van der Waals surface area contributed by atoms with Crippen molar-refractivity contribution in [1.82, 2.24) is 0 Å². The van der Waals surface area contributed by atoms with Crippen molar-refractivity contribution in [3.05, 3.63) is 11.0 Å². The van der Waals surface area contributed by atoms with Gasteiger partial charge in [0, 0.05) is 5.75 Å². The second-order valence-electron chi connectivity index (χ2n) is 2.39. The van der Waals surface area contributed by atoms with E-state index in [1.54, 1.807) is 6.08 Å². The van der Waals surface area contributed by atoms with Crippen molar-refractivity contribution in [2.45, 2.75) is 12.5 Å². The summed E-state index contributed by atoms with van der Waals surface area (Å²) in [7, 11) is 0. The van der Waals surface area contributed by atoms with Crippen LogP contribution in [0.15, 0.2) is 11.0 Å². The van der Waals surface area contributed by atoms with Crippen molar-refractivity contribution in [3.8, 4) is 0 Å². The largest absolute Gasteiger partial charge is 0.480 e. The highest BCUT2D eigenvalue weighted by Crippen LogP contribution is 2.29. The van der Waals surface area contributed by atoms with Gasteiger partial charge in [-0.05, 0) is 17.9 Å². The first-order valence-corrected chi connectivity index (χ1v) is 3.88. The Morgan fingerprint density at radius 2 is 2.60 bits per heavy atom. The predicted octanol–water partition coefficient (Wildman–Crippen LogP) is 0.419. The molecule has 4 heteroatoms. The van der Waals surface area contributed by atoms with Gasteiger partial charge in [0.15, 0.2) is 0 Å². The van der Waals surface area contributed by atoms with Gasteiger partial charge in [-0.15, -0.1) is 11.8 Å². The molecule has 1 heterocycles. The number of allylic oxidation sites excluding steroid dienone is 1. The topological polar surface area (TPSA) is 63.3 Å². The van der Waals surface area contributed by atoms with Crippen LogP contribution in [0.4, 0.5) is 0 Å². The minimum Gasteiger partial charge on any atom is -0.480 e. The van der Waals surface area contributed by atoms with E-state index >= 15 is 0 Å². The van der Waals surface area contributed by atoms with Gasteiger partial charge >= 0.3 is 5.97 Å². The summed E-state index contributed by atoms with van der Waals surface area (Å²) in [5.41, 5.74) is 4.38. The molecule has 3 nitrogen and oxygen atoms in total. The first kappa shape index (κ1) is 7.63. The van der Waals surface area contributed by atoms with E-state index in [-0.39, 0.29) is 0 Å². The van der Waals surface area contributed by atoms with E-state index < -0.39 is 11.5 Å². The first-order chi connectivity index (χ1) is 4.54. The lowest BCUT2D eigenvalue weighted by molar-refractivity contribution is -0.140. The standard InChI is InChI=1S/C6H9NO2S/c1-4-2-6(7,3-10-4)5(8)9/h2H,3,7H2,1H3,(H,8,9). The molecular weight excluding hydrogens is 150 g/mol. The number of hydrogen-bond donors (Lipinski definition) is 2. The number of hydrogen-bond acceptors (Lipinski definition) is 3. The van der Waals surface area contributed by atoms with E-state index in [4.69, 9.17) is 10.8 Å². The third kappa shape index (κ3) is 1.17. The molecule has 1 unspecified atom stereocenters. The Morgan fingerprint density at radius 1 is 2.00 bits per heavy atom. The normalized spacial score (nSPS) is 32.0. The molecule has 1 rings (SSSR count). The number of thioether (sulfide) groups is 1. The third-order valence-electron chi connectivity index (χ3n) is 1.40. The highest BCUT2D eigenvalue weighted by Gasteiger charge is 2.35. The third-order valence-corrected chi connectivity index (χ3v) is 2.59. The maximum Gasteiger partial charge on any atom is 0.328 e. The lowest BCUT2D eigenvalue weighted by atomic mass is 10.0. The zero-order valence-electron chi connectivity index (χ0n) is 5.63. The van der Waals surface area contributed by atoms with Gasteiger partial charge in [-0.1, -0.05) is 0 Å². The molecule has 1 aliphatic heterocycles. The van der Waals surface area contributed by atoms with Crippen molar-refractivity contribution in [2.24, 2.45) is 5.73 Å². The van der Waals surface area contributed by atoms with E-state index in [1.165, 1.54) is 11.8 Å². The van der Waals surface area contributed by atoms with E-state index in [2.05, 4.69) is 0 Å². The van der Waals surface area contributed by atoms with Crippen molar-refractivity contribution in [3.63, 3.8) is 0 Å². The monoisotopic (exact) mass is 159 g/mol. The van der Waals surface area contributed by atoms with Crippen LogP contribution in [0.5, 0.6) is 0 Å². The average molecular weight is 159 g/mol. The Bertz CT molecular complexity index is 202. The Hall–Kier alpha value is -0.480. The van der Waals surface area contributed by atoms with Crippen LogP contribution in [0.2, 0.25) is 0 Å². The highest BCUT2D eigenvalue weighted by atomic mass is 32.2. The lowest BCUT2D eigenvalue weighted by Crippen LogP contribution is -2.46. The Labute approximate surface area is 63.3 Å². The lowest BCUT2D eigenvalue weighted by Gasteiger charge is -2.13. The zero-order valence-corrected chi connectivity index (χ0v) is 6.44. The fourth-order valence-corrected chi connectivity index (χ4v) is 1.77. The summed E-state index contributed by atoms with van der Waals surface area (Å²) in [6.45, 7) is 1.86. The fraction of sp³-hybridized carbons (Fsp3) is 0.500. The molecule has 56 valence electrons. The molecule has 0 saturated carbocycles. The van der Waals surface area contributed by atoms with Crippen LogP contribution in [0, 0.1) is 0 Å². The van der Waals surface area contributed by atoms with Crippen LogP contribution in [-0.2, 0) is 4.79 Å². The van der Waals surface area contributed by atoms with Gasteiger partial charge in [0.1, 0.15) is 5.54 Å². The SMILES string of the molecule is CC1=CC(N)(C(=O)O)CS1. The van der Waals surface area contributed by atoms with E-state index in [0.29, 0.717) is 5.75 Å². The van der Waals surface area contributed by atoms with Crippen LogP contribution in [0.1, 0.15) is 6.92 Å². The van der Waals surface area contributed by atoms with Crippen LogP contribution >= 0.6 is 11.8 Å². The van der Waals surface area contributed by atoms with Crippen LogP contribution < -0.4 is 5.73 Å². The molecule has 0 aromatic heterocycles. The van der Waals surface area contributed by atoms with Crippen molar-refractivity contribution in [2.75, 3.05) is 5.75 Å². The predicted molar refractivity (Wildman–Crippen MR) is 40.8 cm³/mol. The molecule has 3 N–H and O–H groups in total. The minimum atomic E-state index is -1.12. The summed E-state index contributed by atoms with van der Waals surface area (Å²) in [6, 6.07) is 0. The van der Waals surface area contributed by atoms with Crippen molar-refractivity contribution < 1.29 is 9.90 Å². The smallest absolute Gasteiger partial charge is 0.328 e. The number of carboxylic acid groups (broad SMARTS) is 1. The molecule has 0 fully saturated rings. The van der Waals surface area contributed by atoms with Gasteiger partial charge < -0.3 is 10.8 Å². The van der Waals surface area contributed by atoms with Crippen LogP contribution in [-0.4, -0.2) is 22.4 Å². The number of nitrogens with two attached hydrogens (primary N) is 1. The molecule has 0 radical (unpaired) electrons. The van der Waals surface area contributed by atoms with E-state index in [9.17, 15) is 4.79 Å². The number of rotatable bonds is 1. The Morgan fingerprint density at radius 3 is 2.80 bits per heavy atom. The maximum absolute atomic E-state index is 10.5. The van der Waals surface area contributed by atoms with Crippen molar-refractivity contribution in [1.29, 1.82) is 0 Å². The molecule has 0 aromatic rings. The Kier molecular flexibility index (Phi) is 1.74. The summed E-state index contributed by atoms with van der Waals surface area (Å²) in [4.78, 5) is 11.5. The van der Waals surface area contributed by atoms with Crippen molar-refractivity contribution >= 4 is 17.7 Å². The number of aliphatic carboxylic acids is 1. The zero-order chi connectivity index (χ0) is 7.78. The molecule has 10 heavy (non-hydrogen) atoms. The van der Waals surface area contributed by atoms with Crippen LogP contribution in [0.3, 0.4) is 0 Å². The van der Waals surface area contributed by atoms with Crippen LogP contribution in [0.25, 0.3) is 0 Å². The quantitative estimate of drug-likeness (QED) is 0.582. The highest BCUT2D eigenvalue weighted by molar-refractivity contribution is 8.03. The van der Waals surface area contributed by atoms with Gasteiger partial charge in [-0.2, -0.15) is 0 Å². The molecule has 0 aromatic carbocycles. The summed E-state index contributed by atoms with van der Waals surface area (Å²) < 4.78 is 0. The van der Waals surface area contributed by atoms with E-state index in [1.807, 2.05) is 6.92 Å². The molecule has 1 atom stereocenters. The second-order valence-corrected chi connectivity index (χ2v) is 3.61. The number of carboxylic acids is 1. The number of carbonyl (C=O) groups is 1. The first-order valence-electron chi connectivity index (χ1n) is 2.89. The Balaban J connectivity index is 2.82. The minimum absolute atomic E-state index is 0.453. The fourth-order valence-electron chi connectivity index (χ4n) is 0.803. The van der Waals surface area contributed by atoms with E-state index in [0.717, 1.165) is 4.91 Å². The molecule has 0 bridgehead atoms. The van der Waals surface area contributed by atoms with Gasteiger partial charge in [0.2, 0.25) is 0 Å². The molecule has 0 amide bonds. The van der Waals surface area contributed by atoms with Gasteiger partial charge in [-0.25, -0.2) is 4.79 Å². The summed E-state index contributed by atoms with van der Waals surface area (Å²) in [5.74, 6) is -0.495. The maximum atomic E-state index is 10.5. The molecular formula is C6H9NO2S. The summed E-state index contributed by atoms with van der Waals surface area (Å²) in [6.07, 6.45) is 1.60. The molecule has 0 aliphatic carbocycles. The summed E-state index contributed by atoms with van der Waals surface area (Å²) in [5, 5.41) is 8.61. The van der Waals surface area contributed by atoms with Gasteiger partial charge in [0.05, 0.1) is 0 Å². The molecule has 0 saturated heterocycles. The second kappa shape index (κ2) is 2.29.